The molecule has 1 aliphatic rings. The van der Waals surface area contributed by atoms with Crippen molar-refractivity contribution >= 4 is 40.9 Å². The molecule has 0 spiro atoms. The number of rotatable bonds is 7. The van der Waals surface area contributed by atoms with Crippen molar-refractivity contribution in [3.8, 4) is 5.75 Å². The highest BCUT2D eigenvalue weighted by Gasteiger charge is 2.41. The highest BCUT2D eigenvalue weighted by Crippen LogP contribution is 2.34. The lowest BCUT2D eigenvalue weighted by atomic mass is 10.2. The molecule has 144 valence electrons. The minimum atomic E-state index is -0.993. The van der Waals surface area contributed by atoms with E-state index in [-0.39, 0.29) is 18.1 Å². The Morgan fingerprint density at radius 1 is 1.22 bits per heavy atom. The average molecular weight is 393 g/mol. The molecule has 0 bridgehead atoms. The van der Waals surface area contributed by atoms with Crippen LogP contribution in [-0.4, -0.2) is 54.4 Å². The number of carbonyl (C=O) groups excluding carboxylic acids is 4. The largest absolute Gasteiger partial charge is 0.482 e. The Kier molecular flexibility index (Phi) is 7.00. The zero-order chi connectivity index (χ0) is 20.0. The predicted octanol–water partition coefficient (Wildman–Crippen LogP) is 2.23. The Morgan fingerprint density at radius 2 is 1.89 bits per heavy atom. The van der Waals surface area contributed by atoms with Gasteiger partial charge in [-0.25, -0.2) is 9.59 Å². The quantitative estimate of drug-likeness (QED) is 0.514. The molecule has 8 nitrogen and oxygen atoms in total. The van der Waals surface area contributed by atoms with Crippen LogP contribution in [0, 0.1) is 0 Å². The summed E-state index contributed by atoms with van der Waals surface area (Å²) in [5.41, 5.74) is 0.662. The Labute approximate surface area is 160 Å². The summed E-state index contributed by atoms with van der Waals surface area (Å²) < 4.78 is 14.6. The molecule has 0 unspecified atom stereocenters. The lowest BCUT2D eigenvalue weighted by Crippen LogP contribution is -2.42. The van der Waals surface area contributed by atoms with Gasteiger partial charge in [0.1, 0.15) is 11.8 Å². The van der Waals surface area contributed by atoms with Gasteiger partial charge in [-0.05, 0) is 49.4 Å². The molecule has 0 aromatic heterocycles. The van der Waals surface area contributed by atoms with Crippen molar-refractivity contribution in [1.29, 1.82) is 0 Å². The second-order valence-corrected chi connectivity index (χ2v) is 6.41. The third-order valence-corrected chi connectivity index (χ3v) is 4.48. The van der Waals surface area contributed by atoms with E-state index in [4.69, 9.17) is 9.47 Å². The lowest BCUT2D eigenvalue weighted by molar-refractivity contribution is -0.148. The Balaban J connectivity index is 2.06. The minimum absolute atomic E-state index is 0.197. The summed E-state index contributed by atoms with van der Waals surface area (Å²) in [7, 11) is 1.19. The van der Waals surface area contributed by atoms with E-state index in [1.165, 1.54) is 14.0 Å². The fourth-order valence-corrected chi connectivity index (χ4v) is 3.15. The summed E-state index contributed by atoms with van der Waals surface area (Å²) in [6.45, 7) is 3.23. The van der Waals surface area contributed by atoms with E-state index < -0.39 is 29.1 Å². The first-order valence-electron chi connectivity index (χ1n) is 8.10. The number of esters is 2. The molecule has 1 aliphatic heterocycles. The summed E-state index contributed by atoms with van der Waals surface area (Å²) in [6.07, 6.45) is 1.55. The number of carbonyl (C=O) groups is 4. The van der Waals surface area contributed by atoms with Gasteiger partial charge in [0.05, 0.1) is 18.6 Å². The van der Waals surface area contributed by atoms with E-state index >= 15 is 0 Å². The number of imide groups is 1. The summed E-state index contributed by atoms with van der Waals surface area (Å²) >= 11 is 0.755. The van der Waals surface area contributed by atoms with Crippen molar-refractivity contribution in [1.82, 2.24) is 4.90 Å². The topological polar surface area (TPSA) is 99.2 Å². The first kappa shape index (κ1) is 20.5. The molecule has 1 atom stereocenters. The molecule has 1 heterocycles. The SMILES string of the molecule is CCOC(=O)COc1ccc(/C=C2/SC(=O)N([C@@H](C)C(=O)OC)C2=O)cc1. The molecule has 0 saturated carbocycles. The van der Waals surface area contributed by atoms with Crippen LogP contribution in [0.25, 0.3) is 6.08 Å². The molecule has 1 aromatic carbocycles. The molecule has 1 saturated heterocycles. The number of methoxy groups -OCH3 is 1. The van der Waals surface area contributed by atoms with Crippen molar-refractivity contribution in [2.24, 2.45) is 0 Å². The number of benzene rings is 1. The van der Waals surface area contributed by atoms with E-state index in [2.05, 4.69) is 4.74 Å². The number of hydrogen-bond donors (Lipinski definition) is 0. The van der Waals surface area contributed by atoms with Crippen LogP contribution in [0.15, 0.2) is 29.2 Å². The summed E-state index contributed by atoms with van der Waals surface area (Å²) in [6, 6.07) is 5.63. The Hall–Kier alpha value is -2.81. The van der Waals surface area contributed by atoms with E-state index in [9.17, 15) is 19.2 Å². The molecule has 2 amide bonds. The fraction of sp³-hybridized carbons (Fsp3) is 0.333. The highest BCUT2D eigenvalue weighted by atomic mass is 32.2. The van der Waals surface area contributed by atoms with E-state index in [1.807, 2.05) is 0 Å². The van der Waals surface area contributed by atoms with Gasteiger partial charge in [-0.3, -0.25) is 14.5 Å². The van der Waals surface area contributed by atoms with E-state index in [0.29, 0.717) is 11.3 Å². The third-order valence-electron chi connectivity index (χ3n) is 3.59. The summed E-state index contributed by atoms with van der Waals surface area (Å²) in [5, 5.41) is -0.529. The van der Waals surface area contributed by atoms with Crippen LogP contribution in [0.2, 0.25) is 0 Å². The molecule has 2 rings (SSSR count). The number of nitrogens with zero attached hydrogens (tertiary/aromatic N) is 1. The maximum atomic E-state index is 12.4. The molecule has 9 heteroatoms. The first-order valence-corrected chi connectivity index (χ1v) is 8.92. The van der Waals surface area contributed by atoms with Crippen LogP contribution < -0.4 is 4.74 Å². The van der Waals surface area contributed by atoms with Crippen LogP contribution in [0.4, 0.5) is 4.79 Å². The van der Waals surface area contributed by atoms with Crippen LogP contribution in [0.1, 0.15) is 19.4 Å². The molecular weight excluding hydrogens is 374 g/mol. The molecule has 27 heavy (non-hydrogen) atoms. The Bertz CT molecular complexity index is 772. The molecule has 0 radical (unpaired) electrons. The standard InChI is InChI=1S/C18H19NO7S/c1-4-25-15(20)10-26-13-7-5-12(6-8-13)9-14-16(21)19(18(23)27-14)11(2)17(22)24-3/h5-9,11H,4,10H2,1-3H3/b14-9+/t11-/m0/s1. The van der Waals surface area contributed by atoms with Gasteiger partial charge in [0, 0.05) is 0 Å². The fourth-order valence-electron chi connectivity index (χ4n) is 2.25. The van der Waals surface area contributed by atoms with Crippen molar-refractivity contribution in [2.45, 2.75) is 19.9 Å². The number of hydrogen-bond acceptors (Lipinski definition) is 8. The molecule has 1 fully saturated rings. The van der Waals surface area contributed by atoms with Crippen LogP contribution in [0.5, 0.6) is 5.75 Å². The normalized spacial score (nSPS) is 16.4. The van der Waals surface area contributed by atoms with Gasteiger partial charge in [0.25, 0.3) is 11.1 Å². The zero-order valence-corrected chi connectivity index (χ0v) is 15.9. The third kappa shape index (κ3) is 5.10. The van der Waals surface area contributed by atoms with Crippen LogP contribution in [-0.2, 0) is 23.9 Å². The second-order valence-electron chi connectivity index (χ2n) is 5.41. The van der Waals surface area contributed by atoms with Gasteiger partial charge in [0.2, 0.25) is 0 Å². The first-order chi connectivity index (χ1) is 12.9. The smallest absolute Gasteiger partial charge is 0.344 e. The number of ether oxygens (including phenoxy) is 3. The van der Waals surface area contributed by atoms with Gasteiger partial charge in [-0.15, -0.1) is 0 Å². The second kappa shape index (κ2) is 9.22. The van der Waals surface area contributed by atoms with Gasteiger partial charge < -0.3 is 14.2 Å². The lowest BCUT2D eigenvalue weighted by Gasteiger charge is -2.18. The van der Waals surface area contributed by atoms with Crippen molar-refractivity contribution < 1.29 is 33.4 Å². The highest BCUT2D eigenvalue weighted by molar-refractivity contribution is 8.18. The molecule has 0 aliphatic carbocycles. The van der Waals surface area contributed by atoms with Gasteiger partial charge in [0.15, 0.2) is 6.61 Å². The molecule has 0 N–H and O–H groups in total. The predicted molar refractivity (Wildman–Crippen MR) is 97.9 cm³/mol. The Morgan fingerprint density at radius 3 is 2.48 bits per heavy atom. The van der Waals surface area contributed by atoms with Crippen molar-refractivity contribution in [3.05, 3.63) is 34.7 Å². The average Bonchev–Trinajstić information content (AvgIpc) is 2.93. The van der Waals surface area contributed by atoms with Crippen molar-refractivity contribution in [3.63, 3.8) is 0 Å². The van der Waals surface area contributed by atoms with E-state index in [1.54, 1.807) is 37.3 Å². The zero-order valence-electron chi connectivity index (χ0n) is 15.1. The van der Waals surface area contributed by atoms with Gasteiger partial charge in [-0.2, -0.15) is 0 Å². The van der Waals surface area contributed by atoms with Crippen molar-refractivity contribution in [2.75, 3.05) is 20.3 Å². The van der Waals surface area contributed by atoms with Crippen LogP contribution in [0.3, 0.4) is 0 Å². The van der Waals surface area contributed by atoms with Crippen LogP contribution >= 0.6 is 11.8 Å². The maximum absolute atomic E-state index is 12.4. The maximum Gasteiger partial charge on any atom is 0.344 e. The van der Waals surface area contributed by atoms with Gasteiger partial charge >= 0.3 is 11.9 Å². The minimum Gasteiger partial charge on any atom is -0.482 e. The molecule has 1 aromatic rings. The monoisotopic (exact) mass is 393 g/mol. The summed E-state index contributed by atoms with van der Waals surface area (Å²) in [4.78, 5) is 48.4. The summed E-state index contributed by atoms with van der Waals surface area (Å²) in [5.74, 6) is -1.21. The number of thioether (sulfide) groups is 1. The van der Waals surface area contributed by atoms with Gasteiger partial charge in [-0.1, -0.05) is 12.1 Å². The van der Waals surface area contributed by atoms with E-state index in [0.717, 1.165) is 16.7 Å². The molecular formula is C18H19NO7S. The number of amides is 2.